The molecule has 0 radical (unpaired) electrons. The number of thiophene rings is 1. The molecule has 4 rings (SSSR count). The van der Waals surface area contributed by atoms with Crippen LogP contribution < -0.4 is 5.32 Å². The van der Waals surface area contributed by atoms with Crippen molar-refractivity contribution in [2.24, 2.45) is 5.92 Å². The van der Waals surface area contributed by atoms with Gasteiger partial charge in [-0.1, -0.05) is 6.07 Å². The number of nitrogens with one attached hydrogen (secondary N) is 1. The minimum atomic E-state index is -4.89. The number of carbonyl (C=O) groups is 1. The van der Waals surface area contributed by atoms with Gasteiger partial charge in [0.15, 0.2) is 9.84 Å². The topological polar surface area (TPSA) is 96.3 Å². The van der Waals surface area contributed by atoms with E-state index >= 15 is 0 Å². The lowest BCUT2D eigenvalue weighted by atomic mass is 10.0. The lowest BCUT2D eigenvalue weighted by Gasteiger charge is -2.19. The molecule has 188 valence electrons. The van der Waals surface area contributed by atoms with E-state index in [-0.39, 0.29) is 12.8 Å². The van der Waals surface area contributed by atoms with E-state index in [0.29, 0.717) is 24.0 Å². The highest BCUT2D eigenvalue weighted by Gasteiger charge is 2.51. The van der Waals surface area contributed by atoms with Gasteiger partial charge in [-0.15, -0.1) is 11.3 Å². The average molecular weight is 527 g/mol. The lowest BCUT2D eigenvalue weighted by Crippen LogP contribution is -2.42. The van der Waals surface area contributed by atoms with Gasteiger partial charge < -0.3 is 10.1 Å². The van der Waals surface area contributed by atoms with Crippen molar-refractivity contribution in [3.8, 4) is 17.2 Å². The maximum absolute atomic E-state index is 14.1. The number of methoxy groups -OCH3 is 1. The number of hydrogen-bond donors (Lipinski definition) is 1. The molecule has 0 saturated heterocycles. The molecule has 6 nitrogen and oxygen atoms in total. The summed E-state index contributed by atoms with van der Waals surface area (Å²) < 4.78 is 74.5. The summed E-state index contributed by atoms with van der Waals surface area (Å²) in [4.78, 5) is 13.8. The SMILES string of the molecule is CO[C@@H]1C[C@H](S(=O)(=O)c2ccc(-c3cc(C)sc3C)cc2C(F)(F)F)C[C@H]1C(=O)NC1(C#N)CC1. The third-order valence-corrected chi connectivity index (χ3v) is 10.0. The van der Waals surface area contributed by atoms with E-state index in [1.165, 1.54) is 24.5 Å². The molecule has 0 aliphatic heterocycles. The number of nitrogens with zero attached hydrogens (tertiary/aromatic N) is 1. The van der Waals surface area contributed by atoms with E-state index in [2.05, 4.69) is 5.32 Å². The number of rotatable bonds is 6. The zero-order chi connectivity index (χ0) is 25.8. The Balaban J connectivity index is 1.68. The van der Waals surface area contributed by atoms with Crippen LogP contribution in [-0.4, -0.2) is 38.3 Å². The number of hydrogen-bond acceptors (Lipinski definition) is 6. The predicted octanol–water partition coefficient (Wildman–Crippen LogP) is 4.79. The third-order valence-electron chi connectivity index (χ3n) is 6.81. The molecule has 11 heteroatoms. The molecule has 2 saturated carbocycles. The monoisotopic (exact) mass is 526 g/mol. The van der Waals surface area contributed by atoms with Crippen molar-refractivity contribution in [2.75, 3.05) is 7.11 Å². The van der Waals surface area contributed by atoms with Crippen molar-refractivity contribution in [2.45, 2.75) is 67.5 Å². The summed E-state index contributed by atoms with van der Waals surface area (Å²) in [7, 11) is -3.11. The highest BCUT2D eigenvalue weighted by molar-refractivity contribution is 7.92. The van der Waals surface area contributed by atoms with Gasteiger partial charge in [0.25, 0.3) is 0 Å². The Morgan fingerprint density at radius 1 is 1.23 bits per heavy atom. The third kappa shape index (κ3) is 4.84. The number of halogens is 3. The smallest absolute Gasteiger partial charge is 0.381 e. The summed E-state index contributed by atoms with van der Waals surface area (Å²) in [6, 6.07) is 7.12. The number of benzene rings is 1. The second-order valence-electron chi connectivity index (χ2n) is 9.24. The molecule has 0 bridgehead atoms. The first-order valence-electron chi connectivity index (χ1n) is 11.1. The molecule has 35 heavy (non-hydrogen) atoms. The fourth-order valence-electron chi connectivity index (χ4n) is 4.73. The number of sulfone groups is 1. The van der Waals surface area contributed by atoms with Gasteiger partial charge in [-0.2, -0.15) is 18.4 Å². The Hall–Kier alpha value is -2.42. The van der Waals surface area contributed by atoms with Gasteiger partial charge in [0.1, 0.15) is 5.54 Å². The standard InChI is InChI=1S/C24H25F3N2O4S2/c1-13-8-17(14(2)34-13)15-4-5-21(19(9-15)24(25,26)27)35(31,32)16-10-18(20(11-16)33-3)22(30)29-23(12-28)6-7-23/h4-5,8-9,16,18,20H,6-7,10-11H2,1-3H3,(H,29,30)/t16-,18-,20-/m1/s1. The maximum Gasteiger partial charge on any atom is 0.417 e. The lowest BCUT2D eigenvalue weighted by molar-refractivity contribution is -0.139. The van der Waals surface area contributed by atoms with Crippen LogP contribution in [-0.2, 0) is 25.5 Å². The summed E-state index contributed by atoms with van der Waals surface area (Å²) >= 11 is 1.45. The van der Waals surface area contributed by atoms with Gasteiger partial charge in [0, 0.05) is 16.9 Å². The zero-order valence-corrected chi connectivity index (χ0v) is 21.0. The minimum Gasteiger partial charge on any atom is -0.381 e. The zero-order valence-electron chi connectivity index (χ0n) is 19.4. The predicted molar refractivity (Wildman–Crippen MR) is 124 cm³/mol. The Kier molecular flexibility index (Phi) is 6.53. The molecule has 3 atom stereocenters. The molecule has 1 aromatic heterocycles. The quantitative estimate of drug-likeness (QED) is 0.584. The van der Waals surface area contributed by atoms with E-state index in [4.69, 9.17) is 4.74 Å². The van der Waals surface area contributed by atoms with E-state index in [9.17, 15) is 31.6 Å². The second kappa shape index (κ2) is 8.91. The van der Waals surface area contributed by atoms with E-state index in [1.54, 1.807) is 13.0 Å². The molecule has 1 amide bonds. The minimum absolute atomic E-state index is 0.113. The van der Waals surface area contributed by atoms with Gasteiger partial charge in [-0.3, -0.25) is 4.79 Å². The molecule has 1 N–H and O–H groups in total. The van der Waals surface area contributed by atoms with Crippen molar-refractivity contribution in [3.63, 3.8) is 0 Å². The normalized spacial score (nSPS) is 23.6. The molecular weight excluding hydrogens is 501 g/mol. The van der Waals surface area contributed by atoms with Crippen molar-refractivity contribution < 1.29 is 31.1 Å². The second-order valence-corrected chi connectivity index (χ2v) is 12.9. The summed E-state index contributed by atoms with van der Waals surface area (Å²) in [6.45, 7) is 3.66. The highest BCUT2D eigenvalue weighted by Crippen LogP contribution is 2.43. The van der Waals surface area contributed by atoms with Crippen LogP contribution in [0.4, 0.5) is 13.2 Å². The summed E-state index contributed by atoms with van der Waals surface area (Å²) in [5.74, 6) is -1.39. The number of nitriles is 1. The van der Waals surface area contributed by atoms with Crippen molar-refractivity contribution in [1.82, 2.24) is 5.32 Å². The first-order valence-corrected chi connectivity index (χ1v) is 13.5. The van der Waals surface area contributed by atoms with E-state index in [1.807, 2.05) is 13.0 Å². The first kappa shape index (κ1) is 25.7. The first-order chi connectivity index (χ1) is 16.3. The molecule has 2 fully saturated rings. The summed E-state index contributed by atoms with van der Waals surface area (Å²) in [6.07, 6.45) is -4.96. The molecule has 2 aromatic rings. The van der Waals surface area contributed by atoms with Crippen LogP contribution in [0, 0.1) is 31.1 Å². The molecule has 0 unspecified atom stereocenters. The van der Waals surface area contributed by atoms with Crippen LogP contribution >= 0.6 is 11.3 Å². The van der Waals surface area contributed by atoms with E-state index in [0.717, 1.165) is 21.9 Å². The number of amides is 1. The number of alkyl halides is 3. The fraction of sp³-hybridized carbons (Fsp3) is 0.500. The Morgan fingerprint density at radius 2 is 1.91 bits per heavy atom. The molecule has 1 aromatic carbocycles. The molecule has 2 aliphatic rings. The Bertz CT molecular complexity index is 1310. The number of carbonyl (C=O) groups excluding carboxylic acids is 1. The average Bonchev–Trinajstić information content (AvgIpc) is 3.26. The van der Waals surface area contributed by atoms with E-state index < -0.39 is 55.2 Å². The Labute approximate surface area is 206 Å². The van der Waals surface area contributed by atoms with Crippen molar-refractivity contribution in [3.05, 3.63) is 39.6 Å². The van der Waals surface area contributed by atoms with Gasteiger partial charge >= 0.3 is 6.18 Å². The molecular formula is C24H25F3N2O4S2. The molecule has 2 aliphatic carbocycles. The van der Waals surface area contributed by atoms with Crippen LogP contribution in [0.2, 0.25) is 0 Å². The van der Waals surface area contributed by atoms with Crippen LogP contribution in [0.25, 0.3) is 11.1 Å². The van der Waals surface area contributed by atoms with Crippen LogP contribution in [0.15, 0.2) is 29.2 Å². The van der Waals surface area contributed by atoms with Crippen molar-refractivity contribution >= 4 is 27.1 Å². The van der Waals surface area contributed by atoms with Crippen LogP contribution in [0.1, 0.15) is 41.0 Å². The Morgan fingerprint density at radius 3 is 2.43 bits per heavy atom. The van der Waals surface area contributed by atoms with Gasteiger partial charge in [0.05, 0.1) is 33.8 Å². The van der Waals surface area contributed by atoms with Gasteiger partial charge in [-0.05, 0) is 68.9 Å². The highest BCUT2D eigenvalue weighted by atomic mass is 32.2. The van der Waals surface area contributed by atoms with Gasteiger partial charge in [-0.25, -0.2) is 8.42 Å². The van der Waals surface area contributed by atoms with Gasteiger partial charge in [0.2, 0.25) is 5.91 Å². The number of aryl methyl sites for hydroxylation is 2. The molecule has 1 heterocycles. The summed E-state index contributed by atoms with van der Waals surface area (Å²) in [5.41, 5.74) is -1.24. The fourth-order valence-corrected chi connectivity index (χ4v) is 7.67. The molecule has 0 spiro atoms. The summed E-state index contributed by atoms with van der Waals surface area (Å²) in [5, 5.41) is 10.7. The van der Waals surface area contributed by atoms with Crippen LogP contribution in [0.5, 0.6) is 0 Å². The maximum atomic E-state index is 14.1. The van der Waals surface area contributed by atoms with Crippen LogP contribution in [0.3, 0.4) is 0 Å². The largest absolute Gasteiger partial charge is 0.417 e. The van der Waals surface area contributed by atoms with Crippen molar-refractivity contribution in [1.29, 1.82) is 5.26 Å². The number of ether oxygens (including phenoxy) is 1.